The van der Waals surface area contributed by atoms with E-state index in [1.54, 1.807) is 24.3 Å². The van der Waals surface area contributed by atoms with Crippen LogP contribution in [-0.2, 0) is 0 Å². The fourth-order valence-corrected chi connectivity index (χ4v) is 2.60. The first kappa shape index (κ1) is 18.9. The lowest BCUT2D eigenvalue weighted by atomic mass is 10.1. The number of para-hydroxylation sites is 1. The first-order valence-electron chi connectivity index (χ1n) is 8.66. The maximum Gasteiger partial charge on any atom is 0.293 e. The molecule has 3 N–H and O–H groups in total. The van der Waals surface area contributed by atoms with Crippen LogP contribution in [0.1, 0.15) is 33.6 Å². The molecule has 0 saturated heterocycles. The molecule has 0 aliphatic heterocycles. The summed E-state index contributed by atoms with van der Waals surface area (Å²) in [6.07, 6.45) is 7.08. The highest BCUT2D eigenvalue weighted by molar-refractivity contribution is 6.09. The molecular formula is C20H18N4O4. The number of hydrogen-bond acceptors (Lipinski definition) is 5. The topological polar surface area (TPSA) is 113 Å². The largest absolute Gasteiger partial charge is 0.377 e. The quantitative estimate of drug-likeness (QED) is 0.389. The third-order valence-corrected chi connectivity index (χ3v) is 4.16. The summed E-state index contributed by atoms with van der Waals surface area (Å²) in [4.78, 5) is 35.6. The zero-order valence-electron chi connectivity index (χ0n) is 14.9. The lowest BCUT2D eigenvalue weighted by molar-refractivity contribution is -0.384. The van der Waals surface area contributed by atoms with Crippen molar-refractivity contribution in [3.8, 4) is 12.3 Å². The van der Waals surface area contributed by atoms with Gasteiger partial charge in [0.2, 0.25) is 0 Å². The van der Waals surface area contributed by atoms with Crippen LogP contribution in [0.15, 0.2) is 42.5 Å². The Balaban J connectivity index is 1.82. The van der Waals surface area contributed by atoms with Crippen LogP contribution in [0, 0.1) is 22.5 Å². The monoisotopic (exact) mass is 378 g/mol. The van der Waals surface area contributed by atoms with E-state index in [0.29, 0.717) is 5.69 Å². The van der Waals surface area contributed by atoms with Gasteiger partial charge in [-0.25, -0.2) is 0 Å². The fraction of sp³-hybridized carbons (Fsp3) is 0.200. The number of terminal acetylenes is 1. The molecule has 8 nitrogen and oxygen atoms in total. The Morgan fingerprint density at radius 1 is 1.14 bits per heavy atom. The number of nitro groups is 1. The molecule has 1 aliphatic rings. The molecule has 28 heavy (non-hydrogen) atoms. The molecule has 0 spiro atoms. The van der Waals surface area contributed by atoms with E-state index in [0.717, 1.165) is 12.8 Å². The number of hydrogen-bond donors (Lipinski definition) is 3. The summed E-state index contributed by atoms with van der Waals surface area (Å²) in [6, 6.07) is 10.9. The first-order valence-corrected chi connectivity index (χ1v) is 8.66. The number of carbonyl (C=O) groups is 2. The second-order valence-electron chi connectivity index (χ2n) is 6.29. The average Bonchev–Trinajstić information content (AvgIpc) is 3.50. The van der Waals surface area contributed by atoms with Gasteiger partial charge in [-0.2, -0.15) is 0 Å². The smallest absolute Gasteiger partial charge is 0.293 e. The van der Waals surface area contributed by atoms with E-state index >= 15 is 0 Å². The summed E-state index contributed by atoms with van der Waals surface area (Å²) in [5.74, 6) is 1.32. The molecule has 1 saturated carbocycles. The minimum absolute atomic E-state index is 0.0583. The van der Waals surface area contributed by atoms with Crippen molar-refractivity contribution in [3.05, 3.63) is 63.7 Å². The Kier molecular flexibility index (Phi) is 5.56. The molecule has 2 aromatic carbocycles. The van der Waals surface area contributed by atoms with E-state index in [1.165, 1.54) is 18.2 Å². The highest BCUT2D eigenvalue weighted by Gasteiger charge is 2.25. The predicted molar refractivity (Wildman–Crippen MR) is 105 cm³/mol. The number of carbonyl (C=O) groups excluding carboxylic acids is 2. The summed E-state index contributed by atoms with van der Waals surface area (Å²) >= 11 is 0. The van der Waals surface area contributed by atoms with Crippen LogP contribution in [0.5, 0.6) is 0 Å². The molecule has 0 radical (unpaired) electrons. The van der Waals surface area contributed by atoms with Gasteiger partial charge in [0, 0.05) is 17.7 Å². The zero-order valence-corrected chi connectivity index (χ0v) is 14.9. The van der Waals surface area contributed by atoms with Crippen molar-refractivity contribution in [1.29, 1.82) is 0 Å². The van der Waals surface area contributed by atoms with E-state index in [4.69, 9.17) is 6.42 Å². The Morgan fingerprint density at radius 3 is 2.57 bits per heavy atom. The first-order chi connectivity index (χ1) is 13.5. The third-order valence-electron chi connectivity index (χ3n) is 4.16. The van der Waals surface area contributed by atoms with Crippen LogP contribution < -0.4 is 16.0 Å². The second kappa shape index (κ2) is 8.22. The number of nitrogens with one attached hydrogen (secondary N) is 3. The minimum Gasteiger partial charge on any atom is -0.377 e. The van der Waals surface area contributed by atoms with E-state index in [1.807, 2.05) is 0 Å². The van der Waals surface area contributed by atoms with Crippen molar-refractivity contribution in [2.45, 2.75) is 18.9 Å². The van der Waals surface area contributed by atoms with Crippen molar-refractivity contribution in [3.63, 3.8) is 0 Å². The summed E-state index contributed by atoms with van der Waals surface area (Å²) in [5.41, 5.74) is 0.863. The molecule has 8 heteroatoms. The van der Waals surface area contributed by atoms with Gasteiger partial charge in [0.25, 0.3) is 17.5 Å². The number of nitrogens with zero attached hydrogens (tertiary/aromatic N) is 1. The number of rotatable bonds is 7. The van der Waals surface area contributed by atoms with Gasteiger partial charge in [-0.15, -0.1) is 6.42 Å². The molecule has 0 aromatic heterocycles. The van der Waals surface area contributed by atoms with Crippen LogP contribution in [-0.4, -0.2) is 29.3 Å². The molecule has 2 aromatic rings. The van der Waals surface area contributed by atoms with Gasteiger partial charge >= 0.3 is 0 Å². The van der Waals surface area contributed by atoms with E-state index in [2.05, 4.69) is 21.9 Å². The number of nitro benzene ring substituents is 1. The molecule has 0 atom stereocenters. The molecule has 0 bridgehead atoms. The predicted octanol–water partition coefficient (Wildman–Crippen LogP) is 2.78. The van der Waals surface area contributed by atoms with Crippen molar-refractivity contribution >= 4 is 28.9 Å². The average molecular weight is 378 g/mol. The van der Waals surface area contributed by atoms with Crippen molar-refractivity contribution < 1.29 is 14.5 Å². The zero-order chi connectivity index (χ0) is 20.1. The highest BCUT2D eigenvalue weighted by atomic mass is 16.6. The van der Waals surface area contributed by atoms with Crippen LogP contribution in [0.25, 0.3) is 0 Å². The molecule has 1 fully saturated rings. The van der Waals surface area contributed by atoms with Crippen LogP contribution in [0.3, 0.4) is 0 Å². The van der Waals surface area contributed by atoms with Gasteiger partial charge in [0.05, 0.1) is 22.7 Å². The van der Waals surface area contributed by atoms with Crippen LogP contribution >= 0.6 is 0 Å². The Labute approximate surface area is 161 Å². The van der Waals surface area contributed by atoms with E-state index < -0.39 is 16.7 Å². The van der Waals surface area contributed by atoms with Crippen molar-refractivity contribution in [2.24, 2.45) is 0 Å². The molecular weight excluding hydrogens is 360 g/mol. The van der Waals surface area contributed by atoms with Gasteiger partial charge in [-0.05, 0) is 37.1 Å². The molecule has 0 unspecified atom stereocenters. The maximum absolute atomic E-state index is 12.6. The standard InChI is InChI=1S/C20H18N4O4/c1-2-11-21-20(26)15-5-3-4-6-16(15)23-19(25)13-7-10-17(22-14-8-9-14)18(12-13)24(27)28/h1,3-7,10,12,14,22H,8-9,11H2,(H,21,26)(H,23,25). The minimum atomic E-state index is -0.557. The van der Waals surface area contributed by atoms with Gasteiger partial charge in [-0.1, -0.05) is 18.1 Å². The molecule has 142 valence electrons. The molecule has 3 rings (SSSR count). The van der Waals surface area contributed by atoms with Crippen LogP contribution in [0.2, 0.25) is 0 Å². The number of benzene rings is 2. The number of amides is 2. The Morgan fingerprint density at radius 2 is 1.89 bits per heavy atom. The lowest BCUT2D eigenvalue weighted by Crippen LogP contribution is -2.25. The maximum atomic E-state index is 12.6. The van der Waals surface area contributed by atoms with Crippen LogP contribution in [0.4, 0.5) is 17.1 Å². The van der Waals surface area contributed by atoms with E-state index in [-0.39, 0.29) is 35.1 Å². The number of anilines is 2. The fourth-order valence-electron chi connectivity index (χ4n) is 2.60. The molecule has 1 aliphatic carbocycles. The van der Waals surface area contributed by atoms with Crippen molar-refractivity contribution in [1.82, 2.24) is 5.32 Å². The summed E-state index contributed by atoms with van der Waals surface area (Å²) in [5, 5.41) is 19.6. The Hall–Kier alpha value is -3.86. The summed E-state index contributed by atoms with van der Waals surface area (Å²) in [6.45, 7) is 0.0583. The summed E-state index contributed by atoms with van der Waals surface area (Å²) < 4.78 is 0. The Bertz CT molecular complexity index is 976. The highest BCUT2D eigenvalue weighted by Crippen LogP contribution is 2.31. The summed E-state index contributed by atoms with van der Waals surface area (Å²) in [7, 11) is 0. The second-order valence-corrected chi connectivity index (χ2v) is 6.29. The lowest BCUT2D eigenvalue weighted by Gasteiger charge is -2.11. The van der Waals surface area contributed by atoms with Gasteiger partial charge in [0.1, 0.15) is 5.69 Å². The SMILES string of the molecule is C#CCNC(=O)c1ccccc1NC(=O)c1ccc(NC2CC2)c([N+](=O)[O-])c1. The van der Waals surface area contributed by atoms with E-state index in [9.17, 15) is 19.7 Å². The normalized spacial score (nSPS) is 12.5. The van der Waals surface area contributed by atoms with Gasteiger partial charge in [0.15, 0.2) is 0 Å². The van der Waals surface area contributed by atoms with Gasteiger partial charge < -0.3 is 16.0 Å². The molecule has 0 heterocycles. The third kappa shape index (κ3) is 4.45. The van der Waals surface area contributed by atoms with Crippen molar-refractivity contribution in [2.75, 3.05) is 17.2 Å². The molecule has 2 amide bonds. The van der Waals surface area contributed by atoms with Gasteiger partial charge in [-0.3, -0.25) is 19.7 Å².